The number of hydrogen-bond acceptors (Lipinski definition) is 5. The highest BCUT2D eigenvalue weighted by Gasteiger charge is 2.40. The molecule has 0 spiro atoms. The summed E-state index contributed by atoms with van der Waals surface area (Å²) in [7, 11) is 0. The number of aliphatic hydroxyl groups excluding tert-OH is 3. The van der Waals surface area contributed by atoms with Gasteiger partial charge in [0.25, 0.3) is 0 Å². The molecule has 1 aliphatic rings. The maximum Gasteiger partial charge on any atom is 0.114 e. The van der Waals surface area contributed by atoms with E-state index in [2.05, 4.69) is 6.58 Å². The van der Waals surface area contributed by atoms with Crippen molar-refractivity contribution < 1.29 is 24.8 Å². The molecule has 0 aliphatic carbocycles. The van der Waals surface area contributed by atoms with Crippen LogP contribution in [-0.4, -0.2) is 59.6 Å². The predicted molar refractivity (Wildman–Crippen MR) is 127 cm³/mol. The van der Waals surface area contributed by atoms with E-state index in [9.17, 15) is 10.2 Å². The first-order chi connectivity index (χ1) is 15.2. The number of aliphatic hydroxyl groups is 3. The van der Waals surface area contributed by atoms with Crippen LogP contribution in [0.1, 0.15) is 109 Å². The highest BCUT2D eigenvalue weighted by atomic mass is 16.6. The zero-order valence-corrected chi connectivity index (χ0v) is 19.9. The summed E-state index contributed by atoms with van der Waals surface area (Å²) in [4.78, 5) is 0. The Hall–Kier alpha value is -0.460. The van der Waals surface area contributed by atoms with Crippen LogP contribution in [0.2, 0.25) is 0 Å². The summed E-state index contributed by atoms with van der Waals surface area (Å²) >= 11 is 0. The first-order valence-corrected chi connectivity index (χ1v) is 13.0. The number of rotatable bonds is 22. The number of hydrogen-bond donors (Lipinski definition) is 3. The first-order valence-electron chi connectivity index (χ1n) is 13.0. The lowest BCUT2D eigenvalue weighted by molar-refractivity contribution is -0.0730. The highest BCUT2D eigenvalue weighted by Crippen LogP contribution is 2.21. The minimum atomic E-state index is -1.05. The van der Waals surface area contributed by atoms with Crippen LogP contribution in [0, 0.1) is 0 Å². The molecule has 1 heterocycles. The monoisotopic (exact) mass is 442 g/mol. The van der Waals surface area contributed by atoms with Gasteiger partial charge in [0.1, 0.15) is 24.4 Å². The Kier molecular flexibility index (Phi) is 18.6. The minimum absolute atomic E-state index is 0.277. The van der Waals surface area contributed by atoms with Crippen molar-refractivity contribution in [3.63, 3.8) is 0 Å². The molecule has 0 unspecified atom stereocenters. The van der Waals surface area contributed by atoms with Crippen LogP contribution in [0.15, 0.2) is 12.7 Å². The van der Waals surface area contributed by atoms with Gasteiger partial charge in [0, 0.05) is 6.61 Å². The van der Waals surface area contributed by atoms with Crippen LogP contribution < -0.4 is 0 Å². The Morgan fingerprint density at radius 3 is 1.71 bits per heavy atom. The van der Waals surface area contributed by atoms with E-state index in [0.717, 1.165) is 12.8 Å². The lowest BCUT2D eigenvalue weighted by atomic mass is 10.0. The molecule has 4 atom stereocenters. The SMILES string of the molecule is C=CCCCCCCCCCCCCCCCCCCO[C@H]1CO[C@@H]([C@H](O)CO)[C@H]1O. The molecule has 0 radical (unpaired) electrons. The van der Waals surface area contributed by atoms with Crippen LogP contribution in [0.5, 0.6) is 0 Å². The van der Waals surface area contributed by atoms with Gasteiger partial charge in [-0.1, -0.05) is 96.0 Å². The van der Waals surface area contributed by atoms with Crippen molar-refractivity contribution >= 4 is 0 Å². The van der Waals surface area contributed by atoms with Crippen molar-refractivity contribution in [1.29, 1.82) is 0 Å². The van der Waals surface area contributed by atoms with E-state index < -0.39 is 31.0 Å². The fourth-order valence-electron chi connectivity index (χ4n) is 4.30. The quantitative estimate of drug-likeness (QED) is 0.157. The zero-order valence-electron chi connectivity index (χ0n) is 19.9. The van der Waals surface area contributed by atoms with Crippen LogP contribution >= 0.6 is 0 Å². The fourth-order valence-corrected chi connectivity index (χ4v) is 4.30. The van der Waals surface area contributed by atoms with Gasteiger partial charge in [0.2, 0.25) is 0 Å². The molecule has 1 saturated heterocycles. The Balaban J connectivity index is 1.76. The normalized spacial score (nSPS) is 22.1. The summed E-state index contributed by atoms with van der Waals surface area (Å²) in [6.45, 7) is 4.25. The van der Waals surface area contributed by atoms with E-state index in [0.29, 0.717) is 6.61 Å². The van der Waals surface area contributed by atoms with Crippen molar-refractivity contribution in [3.8, 4) is 0 Å². The summed E-state index contributed by atoms with van der Waals surface area (Å²) in [5, 5.41) is 28.6. The van der Waals surface area contributed by atoms with Gasteiger partial charge in [0.15, 0.2) is 0 Å². The topological polar surface area (TPSA) is 79.2 Å². The van der Waals surface area contributed by atoms with Gasteiger partial charge in [-0.2, -0.15) is 0 Å². The van der Waals surface area contributed by atoms with E-state index >= 15 is 0 Å². The van der Waals surface area contributed by atoms with Crippen molar-refractivity contribution in [3.05, 3.63) is 12.7 Å². The smallest absolute Gasteiger partial charge is 0.114 e. The van der Waals surface area contributed by atoms with Crippen molar-refractivity contribution in [2.24, 2.45) is 0 Å². The molecule has 184 valence electrons. The van der Waals surface area contributed by atoms with Gasteiger partial charge < -0.3 is 24.8 Å². The molecule has 5 heteroatoms. The van der Waals surface area contributed by atoms with Gasteiger partial charge in [-0.3, -0.25) is 0 Å². The third kappa shape index (κ3) is 14.3. The summed E-state index contributed by atoms with van der Waals surface area (Å²) in [5.41, 5.74) is 0. The van der Waals surface area contributed by atoms with Crippen LogP contribution in [0.3, 0.4) is 0 Å². The fraction of sp³-hybridized carbons (Fsp3) is 0.923. The summed E-state index contributed by atoms with van der Waals surface area (Å²) in [6, 6.07) is 0. The molecule has 3 N–H and O–H groups in total. The third-order valence-electron chi connectivity index (χ3n) is 6.37. The second-order valence-corrected chi connectivity index (χ2v) is 9.18. The van der Waals surface area contributed by atoms with E-state index in [1.807, 2.05) is 6.08 Å². The van der Waals surface area contributed by atoms with Gasteiger partial charge in [-0.15, -0.1) is 6.58 Å². The summed E-state index contributed by atoms with van der Waals surface area (Å²) in [5.74, 6) is 0. The molecule has 1 rings (SSSR count). The van der Waals surface area contributed by atoms with Gasteiger partial charge in [0.05, 0.1) is 13.2 Å². The molecule has 31 heavy (non-hydrogen) atoms. The Labute approximate surface area is 191 Å². The van der Waals surface area contributed by atoms with Gasteiger partial charge >= 0.3 is 0 Å². The van der Waals surface area contributed by atoms with Gasteiger partial charge in [-0.05, 0) is 19.3 Å². The molecule has 0 aromatic carbocycles. The Bertz CT molecular complexity index is 403. The van der Waals surface area contributed by atoms with E-state index in [1.165, 1.54) is 96.3 Å². The van der Waals surface area contributed by atoms with E-state index in [4.69, 9.17) is 14.6 Å². The largest absolute Gasteiger partial charge is 0.394 e. The summed E-state index contributed by atoms with van der Waals surface area (Å²) < 4.78 is 11.0. The molecule has 5 nitrogen and oxygen atoms in total. The van der Waals surface area contributed by atoms with Crippen LogP contribution in [0.25, 0.3) is 0 Å². The molecular weight excluding hydrogens is 392 g/mol. The Morgan fingerprint density at radius 1 is 0.806 bits per heavy atom. The van der Waals surface area contributed by atoms with E-state index in [-0.39, 0.29) is 6.61 Å². The third-order valence-corrected chi connectivity index (χ3v) is 6.37. The molecule has 0 saturated carbocycles. The standard InChI is InChI=1S/C26H50O5/c1-2-3-4-5-6-7-8-9-10-11-12-13-14-15-16-17-18-19-20-30-24-22-31-26(25(24)29)23(28)21-27/h2,23-29H,1,3-22H2/t23-,24+,25+,26+/m1/s1. The van der Waals surface area contributed by atoms with Crippen molar-refractivity contribution in [2.75, 3.05) is 19.8 Å². The molecule has 0 amide bonds. The van der Waals surface area contributed by atoms with Crippen molar-refractivity contribution in [1.82, 2.24) is 0 Å². The molecule has 1 fully saturated rings. The van der Waals surface area contributed by atoms with Crippen LogP contribution in [0.4, 0.5) is 0 Å². The predicted octanol–water partition coefficient (Wildman–Crippen LogP) is 5.30. The lowest BCUT2D eigenvalue weighted by Crippen LogP contribution is -2.41. The molecule has 0 bridgehead atoms. The lowest BCUT2D eigenvalue weighted by Gasteiger charge is -2.20. The summed E-state index contributed by atoms with van der Waals surface area (Å²) in [6.07, 6.45) is 21.4. The second-order valence-electron chi connectivity index (χ2n) is 9.18. The van der Waals surface area contributed by atoms with Crippen LogP contribution in [-0.2, 0) is 9.47 Å². The average molecular weight is 443 g/mol. The number of ether oxygens (including phenoxy) is 2. The van der Waals surface area contributed by atoms with Gasteiger partial charge in [-0.25, -0.2) is 0 Å². The molecule has 0 aromatic rings. The molecule has 0 aromatic heterocycles. The minimum Gasteiger partial charge on any atom is -0.394 e. The highest BCUT2D eigenvalue weighted by molar-refractivity contribution is 4.88. The van der Waals surface area contributed by atoms with Crippen molar-refractivity contribution in [2.45, 2.75) is 134 Å². The average Bonchev–Trinajstić information content (AvgIpc) is 3.15. The van der Waals surface area contributed by atoms with E-state index in [1.54, 1.807) is 0 Å². The second kappa shape index (κ2) is 20.2. The molecular formula is C26H50O5. The maximum atomic E-state index is 10.1. The number of unbranched alkanes of at least 4 members (excludes halogenated alkanes) is 16. The first kappa shape index (κ1) is 28.6. The molecule has 1 aliphatic heterocycles. The maximum absolute atomic E-state index is 10.1. The zero-order chi connectivity index (χ0) is 22.6. The Morgan fingerprint density at radius 2 is 1.26 bits per heavy atom. The number of allylic oxidation sites excluding steroid dienone is 1.